The fourth-order valence-electron chi connectivity index (χ4n) is 4.89. The van der Waals surface area contributed by atoms with Gasteiger partial charge in [-0.1, -0.05) is 36.4 Å². The van der Waals surface area contributed by atoms with Crippen LogP contribution in [-0.2, 0) is 9.47 Å². The highest BCUT2D eigenvalue weighted by molar-refractivity contribution is 5.81. The number of H-pyrrole nitrogens is 1. The molecule has 8 nitrogen and oxygen atoms in total. The van der Waals surface area contributed by atoms with E-state index in [0.29, 0.717) is 35.7 Å². The van der Waals surface area contributed by atoms with Crippen molar-refractivity contribution < 1.29 is 28.4 Å². The Labute approximate surface area is 219 Å². The minimum atomic E-state index is -0.646. The second-order valence-corrected chi connectivity index (χ2v) is 9.96. The van der Waals surface area contributed by atoms with E-state index in [9.17, 15) is 5.11 Å². The zero-order chi connectivity index (χ0) is 26.2. The number of hydrogen-bond donors (Lipinski definition) is 2. The summed E-state index contributed by atoms with van der Waals surface area (Å²) in [5.41, 5.74) is 4.14. The molecule has 2 aliphatic heterocycles. The fraction of sp³-hybridized carbons (Fsp3) is 0.345. The molecule has 38 heavy (non-hydrogen) atoms. The van der Waals surface area contributed by atoms with Crippen molar-refractivity contribution in [1.82, 2.24) is 14.9 Å². The summed E-state index contributed by atoms with van der Waals surface area (Å²) in [6.45, 7) is 2.03. The van der Waals surface area contributed by atoms with Crippen molar-refractivity contribution in [2.75, 3.05) is 40.5 Å². The van der Waals surface area contributed by atoms with Gasteiger partial charge in [0.2, 0.25) is 0 Å². The third-order valence-corrected chi connectivity index (χ3v) is 6.94. The van der Waals surface area contributed by atoms with E-state index in [1.165, 1.54) is 6.07 Å². The van der Waals surface area contributed by atoms with Gasteiger partial charge in [0.05, 0.1) is 24.2 Å². The van der Waals surface area contributed by atoms with Crippen LogP contribution in [0.15, 0.2) is 60.7 Å². The second-order valence-electron chi connectivity index (χ2n) is 9.96. The maximum atomic E-state index is 15.1. The number of pyridine rings is 1. The Morgan fingerprint density at radius 1 is 0.974 bits per heavy atom. The summed E-state index contributed by atoms with van der Waals surface area (Å²) in [5, 5.41) is 9.93. The number of benzene rings is 2. The first kappa shape index (κ1) is 24.8. The van der Waals surface area contributed by atoms with E-state index in [1.807, 2.05) is 62.6 Å². The van der Waals surface area contributed by atoms with Crippen LogP contribution in [-0.4, -0.2) is 84.9 Å². The molecule has 2 aromatic heterocycles. The lowest BCUT2D eigenvalue weighted by atomic mass is 10.0. The normalized spacial score (nSPS) is 22.8. The highest BCUT2D eigenvalue weighted by Crippen LogP contribution is 2.32. The van der Waals surface area contributed by atoms with Crippen molar-refractivity contribution in [2.45, 2.75) is 24.4 Å². The summed E-state index contributed by atoms with van der Waals surface area (Å²) in [6.07, 6.45) is -1.72. The number of aliphatic hydroxyl groups is 1. The maximum Gasteiger partial charge on any atom is 0.193 e. The van der Waals surface area contributed by atoms with Gasteiger partial charge in [0.15, 0.2) is 17.8 Å². The molecule has 0 radical (unpaired) electrons. The molecular weight excluding hydrogens is 489 g/mol. The van der Waals surface area contributed by atoms with Gasteiger partial charge in [0, 0.05) is 24.2 Å². The Kier molecular flexibility index (Phi) is 6.75. The molecule has 4 aromatic rings. The predicted molar refractivity (Wildman–Crippen MR) is 141 cm³/mol. The number of aromatic amines is 1. The Bertz CT molecular complexity index is 1410. The lowest BCUT2D eigenvalue weighted by Crippen LogP contribution is -2.34. The number of nitrogens with one attached hydrogen (secondary N) is 1. The predicted octanol–water partition coefficient (Wildman–Crippen LogP) is 3.88. The second kappa shape index (κ2) is 10.3. The molecule has 2 fully saturated rings. The highest BCUT2D eigenvalue weighted by atomic mass is 19.1. The van der Waals surface area contributed by atoms with Crippen LogP contribution in [0.3, 0.4) is 0 Å². The summed E-state index contributed by atoms with van der Waals surface area (Å²) in [4.78, 5) is 9.72. The molecule has 4 heterocycles. The van der Waals surface area contributed by atoms with Gasteiger partial charge in [-0.05, 0) is 37.4 Å². The van der Waals surface area contributed by atoms with Crippen LogP contribution in [0.25, 0.3) is 33.4 Å². The van der Waals surface area contributed by atoms with E-state index >= 15 is 4.39 Å². The zero-order valence-electron chi connectivity index (χ0n) is 21.3. The highest BCUT2D eigenvalue weighted by Gasteiger charge is 2.48. The van der Waals surface area contributed by atoms with Crippen LogP contribution in [0.1, 0.15) is 0 Å². The number of halogens is 1. The molecule has 0 spiro atoms. The molecule has 0 bridgehead atoms. The minimum absolute atomic E-state index is 0.230. The Balaban J connectivity index is 1.16. The van der Waals surface area contributed by atoms with E-state index in [0.717, 1.165) is 23.4 Å². The molecule has 6 rings (SSSR count). The first-order valence-corrected chi connectivity index (χ1v) is 12.7. The van der Waals surface area contributed by atoms with Crippen molar-refractivity contribution in [3.05, 3.63) is 66.5 Å². The van der Waals surface area contributed by atoms with Gasteiger partial charge in [-0.3, -0.25) is 0 Å². The molecule has 2 saturated heterocycles. The lowest BCUT2D eigenvalue weighted by molar-refractivity contribution is 0.00794. The van der Waals surface area contributed by atoms with E-state index in [2.05, 4.69) is 14.9 Å². The smallest absolute Gasteiger partial charge is 0.193 e. The quantitative estimate of drug-likeness (QED) is 0.365. The summed E-state index contributed by atoms with van der Waals surface area (Å²) in [6, 6.07) is 18.8. The number of fused-ring (bicyclic) bond motifs is 2. The van der Waals surface area contributed by atoms with Gasteiger partial charge in [0.25, 0.3) is 0 Å². The molecule has 0 saturated carbocycles. The van der Waals surface area contributed by atoms with E-state index in [1.54, 1.807) is 6.07 Å². The molecule has 2 aliphatic rings. The van der Waals surface area contributed by atoms with E-state index < -0.39 is 11.9 Å². The average Bonchev–Trinajstić information content (AvgIpc) is 3.60. The van der Waals surface area contributed by atoms with Crippen molar-refractivity contribution in [2.24, 2.45) is 0 Å². The van der Waals surface area contributed by atoms with E-state index in [4.69, 9.17) is 18.9 Å². The SMILES string of the molecule is CN(C)CCOc1ccc(-c2ccc(-c3nc4cc(O[C@@H]5COC6C(O)CO[C@@H]65)[nH]c4cc3F)cc2)cc1. The number of aromatic nitrogens is 2. The van der Waals surface area contributed by atoms with Crippen molar-refractivity contribution in [3.8, 4) is 34.0 Å². The van der Waals surface area contributed by atoms with Crippen LogP contribution < -0.4 is 9.47 Å². The molecule has 2 aromatic carbocycles. The van der Waals surface area contributed by atoms with Crippen LogP contribution in [0.4, 0.5) is 4.39 Å². The number of nitrogens with zero attached hydrogens (tertiary/aromatic N) is 2. The standard InChI is InChI=1S/C29H30FN3O5/c1-33(2)11-12-35-20-9-7-18(8-10-20)17-3-5-19(6-4-17)27-21(30)13-22-23(32-27)14-26(31-22)38-25-16-37-28-24(34)15-36-29(25)28/h3-10,13-14,24-25,28-29,31,34H,11-12,15-16H2,1-2H3/t24?,25-,28?,29-/m1/s1. The van der Waals surface area contributed by atoms with Crippen LogP contribution in [0.2, 0.25) is 0 Å². The molecule has 0 aliphatic carbocycles. The largest absolute Gasteiger partial charge is 0.492 e. The number of aliphatic hydroxyl groups excluding tert-OH is 1. The Morgan fingerprint density at radius 2 is 1.66 bits per heavy atom. The van der Waals surface area contributed by atoms with Gasteiger partial charge in [0.1, 0.15) is 36.4 Å². The monoisotopic (exact) mass is 519 g/mol. The third-order valence-electron chi connectivity index (χ3n) is 6.94. The summed E-state index contributed by atoms with van der Waals surface area (Å²) in [5.74, 6) is 0.854. The Morgan fingerprint density at radius 3 is 2.39 bits per heavy atom. The number of likely N-dealkylation sites (N-methyl/N-ethyl adjacent to an activating group) is 1. The van der Waals surface area contributed by atoms with Crippen LogP contribution >= 0.6 is 0 Å². The summed E-state index contributed by atoms with van der Waals surface area (Å²) in [7, 11) is 4.03. The number of rotatable bonds is 8. The van der Waals surface area contributed by atoms with Gasteiger partial charge in [-0.25, -0.2) is 9.37 Å². The molecule has 2 unspecified atom stereocenters. The van der Waals surface area contributed by atoms with Crippen molar-refractivity contribution >= 4 is 11.0 Å². The summed E-state index contributed by atoms with van der Waals surface area (Å²) >= 11 is 0. The number of hydrogen-bond acceptors (Lipinski definition) is 7. The number of ether oxygens (including phenoxy) is 4. The minimum Gasteiger partial charge on any atom is -0.492 e. The van der Waals surface area contributed by atoms with E-state index in [-0.39, 0.29) is 30.6 Å². The maximum absolute atomic E-state index is 15.1. The Hall–Kier alpha value is -3.50. The van der Waals surface area contributed by atoms with Gasteiger partial charge in [-0.15, -0.1) is 0 Å². The molecular formula is C29H30FN3O5. The fourth-order valence-corrected chi connectivity index (χ4v) is 4.89. The van der Waals surface area contributed by atoms with Crippen LogP contribution in [0, 0.1) is 5.82 Å². The molecule has 0 amide bonds. The third kappa shape index (κ3) is 4.98. The van der Waals surface area contributed by atoms with Gasteiger partial charge >= 0.3 is 0 Å². The van der Waals surface area contributed by atoms with Crippen molar-refractivity contribution in [3.63, 3.8) is 0 Å². The first-order chi connectivity index (χ1) is 18.4. The molecule has 2 N–H and O–H groups in total. The van der Waals surface area contributed by atoms with Crippen LogP contribution in [0.5, 0.6) is 11.6 Å². The zero-order valence-corrected chi connectivity index (χ0v) is 21.3. The van der Waals surface area contributed by atoms with Crippen molar-refractivity contribution in [1.29, 1.82) is 0 Å². The van der Waals surface area contributed by atoms with Gasteiger partial charge < -0.3 is 33.9 Å². The lowest BCUT2D eigenvalue weighted by Gasteiger charge is -2.16. The summed E-state index contributed by atoms with van der Waals surface area (Å²) < 4.78 is 38.1. The first-order valence-electron chi connectivity index (χ1n) is 12.7. The topological polar surface area (TPSA) is 89.1 Å². The molecule has 9 heteroatoms. The molecule has 198 valence electrons. The molecule has 4 atom stereocenters. The average molecular weight is 520 g/mol. The van der Waals surface area contributed by atoms with Gasteiger partial charge in [-0.2, -0.15) is 0 Å².